The maximum absolute atomic E-state index is 13.7. The zero-order valence-electron chi connectivity index (χ0n) is 11.2. The molecule has 1 amide bonds. The van der Waals surface area contributed by atoms with Gasteiger partial charge in [-0.3, -0.25) is 4.79 Å². The molecule has 0 aliphatic rings. The van der Waals surface area contributed by atoms with Gasteiger partial charge in [0.05, 0.1) is 5.56 Å². The maximum Gasteiger partial charge on any atom is 0.258 e. The van der Waals surface area contributed by atoms with Crippen molar-refractivity contribution in [2.75, 3.05) is 5.32 Å². The van der Waals surface area contributed by atoms with E-state index in [1.807, 2.05) is 17.5 Å². The highest BCUT2D eigenvalue weighted by Crippen LogP contribution is 2.23. The molecule has 0 atom stereocenters. The zero-order valence-corrected chi connectivity index (χ0v) is 12.8. The summed E-state index contributed by atoms with van der Waals surface area (Å²) < 4.78 is 13.7. The van der Waals surface area contributed by atoms with Crippen molar-refractivity contribution in [1.29, 1.82) is 0 Å². The summed E-state index contributed by atoms with van der Waals surface area (Å²) in [6.45, 7) is 0. The number of aromatic nitrogens is 1. The number of carbonyl (C=O) groups excluding carboxylic acids is 1. The van der Waals surface area contributed by atoms with E-state index in [4.69, 9.17) is 11.6 Å². The average Bonchev–Trinajstić information content (AvgIpc) is 3.02. The summed E-state index contributed by atoms with van der Waals surface area (Å²) in [5, 5.41) is 5.71. The minimum atomic E-state index is -0.649. The molecule has 6 heteroatoms. The summed E-state index contributed by atoms with van der Waals surface area (Å²) in [5.41, 5.74) is 1.50. The lowest BCUT2D eigenvalue weighted by atomic mass is 10.1. The molecular weight excluding hydrogens is 323 g/mol. The van der Waals surface area contributed by atoms with E-state index in [0.717, 1.165) is 16.6 Å². The molecule has 0 fully saturated rings. The third-order valence-corrected chi connectivity index (χ3v) is 4.06. The number of hydrogen-bond acceptors (Lipinski definition) is 3. The van der Waals surface area contributed by atoms with E-state index < -0.39 is 11.7 Å². The number of amides is 1. The first kappa shape index (κ1) is 14.7. The molecule has 1 heterocycles. The number of halogens is 2. The molecule has 1 N–H and O–H groups in total. The van der Waals surface area contributed by atoms with Gasteiger partial charge in [-0.15, -0.1) is 11.3 Å². The molecule has 0 bridgehead atoms. The molecular formula is C16H10ClFN2OS. The lowest BCUT2D eigenvalue weighted by Gasteiger charge is -2.07. The first-order valence-corrected chi connectivity index (χ1v) is 7.65. The van der Waals surface area contributed by atoms with Crippen LogP contribution in [0.15, 0.2) is 54.0 Å². The number of carbonyl (C=O) groups is 1. The van der Waals surface area contributed by atoms with Crippen LogP contribution >= 0.6 is 22.9 Å². The Labute approximate surface area is 135 Å². The molecule has 22 heavy (non-hydrogen) atoms. The fraction of sp³-hybridized carbons (Fsp3) is 0. The van der Waals surface area contributed by atoms with Gasteiger partial charge in [-0.05, 0) is 42.5 Å². The fourth-order valence-corrected chi connectivity index (χ4v) is 2.74. The lowest BCUT2D eigenvalue weighted by molar-refractivity contribution is 0.102. The fourth-order valence-electron chi connectivity index (χ4n) is 1.93. The number of benzene rings is 2. The van der Waals surface area contributed by atoms with E-state index in [1.165, 1.54) is 23.5 Å². The van der Waals surface area contributed by atoms with Crippen LogP contribution in [-0.2, 0) is 0 Å². The number of nitrogens with zero attached hydrogens (tertiary/aromatic N) is 1. The molecule has 3 rings (SSSR count). The molecule has 0 aliphatic heterocycles. The van der Waals surface area contributed by atoms with Crippen LogP contribution in [-0.4, -0.2) is 10.9 Å². The summed E-state index contributed by atoms with van der Waals surface area (Å²) in [7, 11) is 0. The Balaban J connectivity index is 1.77. The highest BCUT2D eigenvalue weighted by Gasteiger charge is 2.12. The predicted molar refractivity (Wildman–Crippen MR) is 86.9 cm³/mol. The quantitative estimate of drug-likeness (QED) is 0.744. The molecule has 0 unspecified atom stereocenters. The monoisotopic (exact) mass is 332 g/mol. The second-order valence-corrected chi connectivity index (χ2v) is 5.82. The Morgan fingerprint density at radius 1 is 1.18 bits per heavy atom. The highest BCUT2D eigenvalue weighted by molar-refractivity contribution is 7.13. The molecule has 1 aromatic heterocycles. The Morgan fingerprint density at radius 3 is 2.59 bits per heavy atom. The summed E-state index contributed by atoms with van der Waals surface area (Å²) >= 11 is 7.21. The predicted octanol–water partition coefficient (Wildman–Crippen LogP) is 4.85. The molecule has 0 aliphatic carbocycles. The van der Waals surface area contributed by atoms with Gasteiger partial charge in [0, 0.05) is 27.9 Å². The first-order chi connectivity index (χ1) is 10.6. The van der Waals surface area contributed by atoms with Crippen LogP contribution in [0.5, 0.6) is 0 Å². The summed E-state index contributed by atoms with van der Waals surface area (Å²) in [4.78, 5) is 16.3. The van der Waals surface area contributed by atoms with Crippen molar-refractivity contribution in [3.05, 3.63) is 70.4 Å². The number of anilines is 1. The molecule has 2 aromatic carbocycles. The van der Waals surface area contributed by atoms with Crippen LogP contribution < -0.4 is 5.32 Å². The minimum Gasteiger partial charge on any atom is -0.322 e. The van der Waals surface area contributed by atoms with Crippen molar-refractivity contribution in [2.45, 2.75) is 0 Å². The number of nitrogens with one attached hydrogen (secondary N) is 1. The van der Waals surface area contributed by atoms with Gasteiger partial charge in [0.2, 0.25) is 0 Å². The smallest absolute Gasteiger partial charge is 0.258 e. The second kappa shape index (κ2) is 6.25. The summed E-state index contributed by atoms with van der Waals surface area (Å²) in [6, 6.07) is 11.2. The van der Waals surface area contributed by atoms with E-state index in [0.29, 0.717) is 5.69 Å². The van der Waals surface area contributed by atoms with E-state index >= 15 is 0 Å². The summed E-state index contributed by atoms with van der Waals surface area (Å²) in [5.74, 6) is -1.17. The van der Waals surface area contributed by atoms with Crippen LogP contribution in [0.1, 0.15) is 10.4 Å². The van der Waals surface area contributed by atoms with Crippen molar-refractivity contribution in [2.24, 2.45) is 0 Å². The Morgan fingerprint density at radius 2 is 1.95 bits per heavy atom. The van der Waals surface area contributed by atoms with Gasteiger partial charge in [0.15, 0.2) is 0 Å². The number of rotatable bonds is 3. The van der Waals surface area contributed by atoms with Crippen molar-refractivity contribution in [3.63, 3.8) is 0 Å². The Bertz CT molecular complexity index is 804. The standard InChI is InChI=1S/C16H10ClFN2OS/c17-11-3-6-13(14(18)9-11)15(21)20-12-4-1-10(2-5-12)16-19-7-8-22-16/h1-9H,(H,20,21). The van der Waals surface area contributed by atoms with Gasteiger partial charge in [0.1, 0.15) is 10.8 Å². The van der Waals surface area contributed by atoms with Crippen LogP contribution in [0, 0.1) is 5.82 Å². The van der Waals surface area contributed by atoms with E-state index in [-0.39, 0.29) is 10.6 Å². The lowest BCUT2D eigenvalue weighted by Crippen LogP contribution is -2.13. The highest BCUT2D eigenvalue weighted by atomic mass is 35.5. The van der Waals surface area contributed by atoms with Crippen LogP contribution in [0.2, 0.25) is 5.02 Å². The van der Waals surface area contributed by atoms with Gasteiger partial charge in [-0.25, -0.2) is 9.37 Å². The van der Waals surface area contributed by atoms with Crippen molar-refractivity contribution in [3.8, 4) is 10.6 Å². The van der Waals surface area contributed by atoms with Crippen LogP contribution in [0.3, 0.4) is 0 Å². The maximum atomic E-state index is 13.7. The number of hydrogen-bond donors (Lipinski definition) is 1. The van der Waals surface area contributed by atoms with E-state index in [1.54, 1.807) is 18.3 Å². The largest absolute Gasteiger partial charge is 0.322 e. The van der Waals surface area contributed by atoms with Gasteiger partial charge in [-0.1, -0.05) is 11.6 Å². The third kappa shape index (κ3) is 3.16. The van der Waals surface area contributed by atoms with E-state index in [2.05, 4.69) is 10.3 Å². The van der Waals surface area contributed by atoms with Crippen LogP contribution in [0.4, 0.5) is 10.1 Å². The van der Waals surface area contributed by atoms with Crippen molar-refractivity contribution in [1.82, 2.24) is 4.98 Å². The van der Waals surface area contributed by atoms with Gasteiger partial charge >= 0.3 is 0 Å². The molecule has 110 valence electrons. The molecule has 0 saturated carbocycles. The van der Waals surface area contributed by atoms with Crippen LogP contribution in [0.25, 0.3) is 10.6 Å². The molecule has 0 spiro atoms. The molecule has 3 nitrogen and oxygen atoms in total. The van der Waals surface area contributed by atoms with Gasteiger partial charge in [0.25, 0.3) is 5.91 Å². The first-order valence-electron chi connectivity index (χ1n) is 6.40. The Kier molecular flexibility index (Phi) is 4.18. The second-order valence-electron chi connectivity index (χ2n) is 4.49. The minimum absolute atomic E-state index is 0.0478. The normalized spacial score (nSPS) is 10.5. The SMILES string of the molecule is O=C(Nc1ccc(-c2nccs2)cc1)c1ccc(Cl)cc1F. The molecule has 0 saturated heterocycles. The van der Waals surface area contributed by atoms with Gasteiger partial charge in [-0.2, -0.15) is 0 Å². The molecule has 0 radical (unpaired) electrons. The molecule has 3 aromatic rings. The van der Waals surface area contributed by atoms with Crippen molar-refractivity contribution < 1.29 is 9.18 Å². The third-order valence-electron chi connectivity index (χ3n) is 3.00. The Hall–Kier alpha value is -2.24. The van der Waals surface area contributed by atoms with E-state index in [9.17, 15) is 9.18 Å². The number of thiazole rings is 1. The van der Waals surface area contributed by atoms with Gasteiger partial charge < -0.3 is 5.32 Å². The summed E-state index contributed by atoms with van der Waals surface area (Å²) in [6.07, 6.45) is 1.74. The average molecular weight is 333 g/mol. The zero-order chi connectivity index (χ0) is 15.5. The van der Waals surface area contributed by atoms with Crippen molar-refractivity contribution >= 4 is 34.5 Å². The topological polar surface area (TPSA) is 42.0 Å².